The highest BCUT2D eigenvalue weighted by Crippen LogP contribution is 2.58. The Hall–Kier alpha value is -2.97. The maximum Gasteiger partial charge on any atom is 0.313 e. The number of carbonyl (C=O) groups excluding carboxylic acids is 3. The van der Waals surface area contributed by atoms with E-state index < -0.39 is 35.0 Å². The first-order valence-electron chi connectivity index (χ1n) is 12.4. The number of ether oxygens (including phenoxy) is 2. The van der Waals surface area contributed by atoms with E-state index in [0.29, 0.717) is 38.9 Å². The molecule has 1 unspecified atom stereocenters. The summed E-state index contributed by atoms with van der Waals surface area (Å²) in [5.41, 5.74) is -1.28. The van der Waals surface area contributed by atoms with Crippen LogP contribution in [-0.4, -0.2) is 76.2 Å². The van der Waals surface area contributed by atoms with Crippen LogP contribution in [0.4, 0.5) is 0 Å². The van der Waals surface area contributed by atoms with E-state index in [0.717, 1.165) is 5.56 Å². The minimum absolute atomic E-state index is 0.00441. The zero-order chi connectivity index (χ0) is 24.6. The minimum atomic E-state index is -1.26. The predicted octanol–water partition coefficient (Wildman–Crippen LogP) is 1.83. The third-order valence-corrected chi connectivity index (χ3v) is 7.80. The van der Waals surface area contributed by atoms with Crippen molar-refractivity contribution in [1.82, 2.24) is 9.80 Å². The highest BCUT2D eigenvalue weighted by Gasteiger charge is 2.75. The van der Waals surface area contributed by atoms with Crippen LogP contribution in [0.25, 0.3) is 0 Å². The van der Waals surface area contributed by atoms with Crippen molar-refractivity contribution >= 4 is 17.8 Å². The molecule has 0 aliphatic carbocycles. The molecular formula is C27H32N2O6. The number of fused-ring (bicyclic) bond motifs is 2. The number of cyclic esters (lactones) is 1. The number of carbonyl (C=O) groups is 3. The first-order valence-corrected chi connectivity index (χ1v) is 12.4. The van der Waals surface area contributed by atoms with Crippen molar-refractivity contribution in [3.8, 4) is 0 Å². The van der Waals surface area contributed by atoms with Crippen LogP contribution in [0, 0.1) is 11.8 Å². The summed E-state index contributed by atoms with van der Waals surface area (Å²) in [6, 6.07) is 8.84. The van der Waals surface area contributed by atoms with Crippen molar-refractivity contribution in [3.63, 3.8) is 0 Å². The molecule has 8 heteroatoms. The van der Waals surface area contributed by atoms with Gasteiger partial charge < -0.3 is 24.4 Å². The van der Waals surface area contributed by atoms with Gasteiger partial charge in [-0.2, -0.15) is 0 Å². The number of nitrogens with zero attached hydrogens (tertiary/aromatic N) is 2. The fourth-order valence-electron chi connectivity index (χ4n) is 6.22. The molecule has 4 aliphatic rings. The van der Waals surface area contributed by atoms with E-state index in [1.807, 2.05) is 55.5 Å². The maximum absolute atomic E-state index is 14.1. The molecule has 8 nitrogen and oxygen atoms in total. The summed E-state index contributed by atoms with van der Waals surface area (Å²) in [6.45, 7) is 3.16. The lowest BCUT2D eigenvalue weighted by Gasteiger charge is -2.38. The number of benzene rings is 1. The smallest absolute Gasteiger partial charge is 0.313 e. The monoisotopic (exact) mass is 480 g/mol. The van der Waals surface area contributed by atoms with Gasteiger partial charge in [-0.25, -0.2) is 0 Å². The van der Waals surface area contributed by atoms with Crippen LogP contribution in [-0.2, 0) is 30.4 Å². The lowest BCUT2D eigenvalue weighted by molar-refractivity contribution is -0.159. The van der Waals surface area contributed by atoms with Crippen LogP contribution in [0.1, 0.15) is 31.7 Å². The van der Waals surface area contributed by atoms with Crippen LogP contribution in [0.2, 0.25) is 0 Å². The van der Waals surface area contributed by atoms with Crippen LogP contribution in [0.5, 0.6) is 0 Å². The third kappa shape index (κ3) is 3.70. The Bertz CT molecular complexity index is 1060. The number of hydrogen-bond donors (Lipinski definition) is 1. The third-order valence-electron chi connectivity index (χ3n) is 7.80. The molecule has 186 valence electrons. The lowest BCUT2D eigenvalue weighted by atomic mass is 9.73. The van der Waals surface area contributed by atoms with Crippen LogP contribution in [0.15, 0.2) is 54.6 Å². The molecule has 5 rings (SSSR count). The number of hydrogen-bond acceptors (Lipinski definition) is 6. The predicted molar refractivity (Wildman–Crippen MR) is 127 cm³/mol. The minimum Gasteiger partial charge on any atom is -0.461 e. The van der Waals surface area contributed by atoms with Gasteiger partial charge in [0.05, 0.1) is 5.92 Å². The Labute approximate surface area is 205 Å². The molecule has 2 fully saturated rings. The zero-order valence-corrected chi connectivity index (χ0v) is 20.0. The standard InChI is InChI=1S/C27H32N2O6/c1-2-26-12-9-17-34-25(33)21(26)20-23(31)29(15-6-7-16-30)22-24(32)28(14-8-13-27(20,22)35-26)18-19-10-4-3-5-11-19/h3-5,8-13,20-22,30H,2,6-7,14-18H2,1H3/t20-,21+,22?,26-,27-/m0/s1. The molecular weight excluding hydrogens is 448 g/mol. The van der Waals surface area contributed by atoms with Crippen molar-refractivity contribution < 1.29 is 29.0 Å². The first kappa shape index (κ1) is 23.8. The lowest BCUT2D eigenvalue weighted by Crippen LogP contribution is -2.56. The molecule has 35 heavy (non-hydrogen) atoms. The second-order valence-corrected chi connectivity index (χ2v) is 9.72. The van der Waals surface area contributed by atoms with Gasteiger partial charge in [0.2, 0.25) is 11.8 Å². The normalized spacial score (nSPS) is 33.8. The molecule has 0 radical (unpaired) electrons. The molecule has 0 aromatic heterocycles. The highest BCUT2D eigenvalue weighted by atomic mass is 16.6. The van der Waals surface area contributed by atoms with Gasteiger partial charge in [0.15, 0.2) is 0 Å². The number of esters is 1. The van der Waals surface area contributed by atoms with Gasteiger partial charge in [0.1, 0.15) is 29.8 Å². The SMILES string of the molecule is CC[C@]12C=CCOC(=O)[C@H]1[C@H]1C(=O)N(CCCCO)C3C(=O)N(Cc4ccccc4)CC=C[C@@]31O2. The zero-order valence-electron chi connectivity index (χ0n) is 20.0. The van der Waals surface area contributed by atoms with Crippen molar-refractivity contribution in [2.45, 2.75) is 50.0 Å². The topological polar surface area (TPSA) is 96.4 Å². The van der Waals surface area contributed by atoms with E-state index >= 15 is 0 Å². The summed E-state index contributed by atoms with van der Waals surface area (Å²) >= 11 is 0. The van der Waals surface area contributed by atoms with Crippen molar-refractivity contribution in [2.24, 2.45) is 11.8 Å². The number of aliphatic hydroxyl groups excluding tert-OH is 1. The Balaban J connectivity index is 1.58. The van der Waals surface area contributed by atoms with E-state index in [1.54, 1.807) is 15.9 Å². The van der Waals surface area contributed by atoms with Gasteiger partial charge in [0.25, 0.3) is 0 Å². The maximum atomic E-state index is 14.1. The fourth-order valence-corrected chi connectivity index (χ4v) is 6.22. The quantitative estimate of drug-likeness (QED) is 0.363. The summed E-state index contributed by atoms with van der Waals surface area (Å²) in [4.78, 5) is 44.6. The second kappa shape index (κ2) is 9.24. The summed E-state index contributed by atoms with van der Waals surface area (Å²) in [5, 5.41) is 9.30. The van der Waals surface area contributed by atoms with Crippen molar-refractivity contribution in [3.05, 3.63) is 60.2 Å². The molecule has 2 saturated heterocycles. The van der Waals surface area contributed by atoms with Gasteiger partial charge in [-0.3, -0.25) is 14.4 Å². The van der Waals surface area contributed by atoms with E-state index in [1.165, 1.54) is 0 Å². The largest absolute Gasteiger partial charge is 0.461 e. The molecule has 4 aliphatic heterocycles. The number of likely N-dealkylation sites (tertiary alicyclic amines) is 1. The summed E-state index contributed by atoms with van der Waals surface area (Å²) in [7, 11) is 0. The molecule has 2 amide bonds. The molecule has 0 saturated carbocycles. The van der Waals surface area contributed by atoms with E-state index in [-0.39, 0.29) is 25.0 Å². The summed E-state index contributed by atoms with van der Waals surface area (Å²) in [5.74, 6) is -2.61. The fraction of sp³-hybridized carbons (Fsp3) is 0.519. The number of rotatable bonds is 7. The Kier molecular flexibility index (Phi) is 6.27. The molecule has 1 aromatic carbocycles. The van der Waals surface area contributed by atoms with Gasteiger partial charge in [-0.15, -0.1) is 0 Å². The van der Waals surface area contributed by atoms with Gasteiger partial charge in [0, 0.05) is 26.2 Å². The number of amides is 2. The second-order valence-electron chi connectivity index (χ2n) is 9.72. The van der Waals surface area contributed by atoms with E-state index in [4.69, 9.17) is 9.47 Å². The van der Waals surface area contributed by atoms with Crippen LogP contribution >= 0.6 is 0 Å². The van der Waals surface area contributed by atoms with Gasteiger partial charge >= 0.3 is 5.97 Å². The van der Waals surface area contributed by atoms with Crippen LogP contribution < -0.4 is 0 Å². The average Bonchev–Trinajstić information content (AvgIpc) is 3.14. The first-order chi connectivity index (χ1) is 17.0. The number of unbranched alkanes of at least 4 members (excludes halogenated alkanes) is 1. The number of aliphatic hydroxyl groups is 1. The molecule has 0 bridgehead atoms. The molecule has 1 spiro atoms. The Morgan fingerprint density at radius 2 is 1.83 bits per heavy atom. The van der Waals surface area contributed by atoms with Crippen molar-refractivity contribution in [1.29, 1.82) is 0 Å². The van der Waals surface area contributed by atoms with E-state index in [9.17, 15) is 19.5 Å². The molecule has 4 heterocycles. The van der Waals surface area contributed by atoms with Gasteiger partial charge in [-0.1, -0.05) is 55.5 Å². The molecule has 1 aromatic rings. The molecule has 1 N–H and O–H groups in total. The van der Waals surface area contributed by atoms with E-state index in [2.05, 4.69) is 0 Å². The van der Waals surface area contributed by atoms with Gasteiger partial charge in [-0.05, 0) is 30.9 Å². The highest BCUT2D eigenvalue weighted by molar-refractivity contribution is 5.99. The van der Waals surface area contributed by atoms with Crippen molar-refractivity contribution in [2.75, 3.05) is 26.3 Å². The van der Waals surface area contributed by atoms with Crippen LogP contribution in [0.3, 0.4) is 0 Å². The molecule has 5 atom stereocenters. The average molecular weight is 481 g/mol. The summed E-state index contributed by atoms with van der Waals surface area (Å²) < 4.78 is 12.2. The Morgan fingerprint density at radius 3 is 2.57 bits per heavy atom. The summed E-state index contributed by atoms with van der Waals surface area (Å²) in [6.07, 6.45) is 8.89. The Morgan fingerprint density at radius 1 is 1.03 bits per heavy atom.